The molecule has 0 unspecified atom stereocenters. The molecule has 6 heteroatoms. The van der Waals surface area contributed by atoms with Gasteiger partial charge in [0.1, 0.15) is 6.07 Å². The van der Waals surface area contributed by atoms with Gasteiger partial charge in [-0.1, -0.05) is 20.8 Å². The Morgan fingerprint density at radius 1 is 1.30 bits per heavy atom. The van der Waals surface area contributed by atoms with Gasteiger partial charge in [0.15, 0.2) is 11.5 Å². The Kier molecular flexibility index (Phi) is 4.30. The van der Waals surface area contributed by atoms with E-state index >= 15 is 0 Å². The van der Waals surface area contributed by atoms with Gasteiger partial charge in [0.2, 0.25) is 0 Å². The normalized spacial score (nSPS) is 11.1. The number of aromatic nitrogens is 3. The molecule has 0 aliphatic heterocycles. The van der Waals surface area contributed by atoms with Gasteiger partial charge in [-0.05, 0) is 0 Å². The molecule has 0 aromatic carbocycles. The van der Waals surface area contributed by atoms with E-state index in [1.807, 2.05) is 6.07 Å². The molecule has 0 amide bonds. The average Bonchev–Trinajstić information content (AvgIpc) is 2.88. The van der Waals surface area contributed by atoms with Gasteiger partial charge in [-0.2, -0.15) is 5.26 Å². The van der Waals surface area contributed by atoms with Crippen LogP contribution in [0.3, 0.4) is 0 Å². The number of rotatable bonds is 4. The molecule has 1 N–H and O–H groups in total. The number of hydrogen-bond donors (Lipinski definition) is 1. The van der Waals surface area contributed by atoms with Crippen molar-refractivity contribution in [1.29, 1.82) is 5.26 Å². The lowest BCUT2D eigenvalue weighted by Crippen LogP contribution is -2.12. The SMILES string of the molecule is CC(C)(C)c1nc(CCNc2nccnc2C#N)cs1. The number of nitriles is 1. The average molecular weight is 287 g/mol. The molecular formula is C14H17N5S. The fourth-order valence-corrected chi connectivity index (χ4v) is 2.57. The lowest BCUT2D eigenvalue weighted by atomic mass is 9.98. The van der Waals surface area contributed by atoms with Gasteiger partial charge in [-0.3, -0.25) is 0 Å². The third-order valence-electron chi connectivity index (χ3n) is 2.67. The summed E-state index contributed by atoms with van der Waals surface area (Å²) >= 11 is 1.69. The van der Waals surface area contributed by atoms with E-state index in [2.05, 4.69) is 46.4 Å². The molecule has 5 nitrogen and oxygen atoms in total. The van der Waals surface area contributed by atoms with Gasteiger partial charge in [0, 0.05) is 36.2 Å². The minimum Gasteiger partial charge on any atom is -0.367 e. The van der Waals surface area contributed by atoms with Crippen molar-refractivity contribution < 1.29 is 0 Å². The molecule has 20 heavy (non-hydrogen) atoms. The Bertz CT molecular complexity index is 621. The third-order valence-corrected chi connectivity index (χ3v) is 3.99. The molecule has 0 bridgehead atoms. The molecule has 0 aliphatic carbocycles. The Morgan fingerprint density at radius 2 is 2.05 bits per heavy atom. The summed E-state index contributed by atoms with van der Waals surface area (Å²) in [5, 5.41) is 15.3. The molecule has 0 radical (unpaired) electrons. The summed E-state index contributed by atoms with van der Waals surface area (Å²) in [4.78, 5) is 12.7. The standard InChI is InChI=1S/C14H17N5S/c1-14(2,3)13-19-10(9-20-13)4-5-17-12-11(8-15)16-6-7-18-12/h6-7,9H,4-5H2,1-3H3,(H,17,18). The van der Waals surface area contributed by atoms with Crippen molar-refractivity contribution in [3.8, 4) is 6.07 Å². The van der Waals surface area contributed by atoms with E-state index < -0.39 is 0 Å². The van der Waals surface area contributed by atoms with Crippen molar-refractivity contribution in [1.82, 2.24) is 15.0 Å². The first-order valence-corrected chi connectivity index (χ1v) is 7.28. The Labute approximate surface area is 122 Å². The van der Waals surface area contributed by atoms with Crippen molar-refractivity contribution in [2.75, 3.05) is 11.9 Å². The predicted octanol–water partition coefficient (Wildman–Crippen LogP) is 2.76. The second-order valence-corrected chi connectivity index (χ2v) is 6.29. The summed E-state index contributed by atoms with van der Waals surface area (Å²) in [6, 6.07) is 2.02. The van der Waals surface area contributed by atoms with Crippen LogP contribution in [0.25, 0.3) is 0 Å². The van der Waals surface area contributed by atoms with E-state index in [0.717, 1.165) is 17.1 Å². The number of nitrogens with zero attached hydrogens (tertiary/aromatic N) is 4. The highest BCUT2D eigenvalue weighted by Gasteiger charge is 2.17. The molecule has 104 valence electrons. The van der Waals surface area contributed by atoms with Crippen LogP contribution < -0.4 is 5.32 Å². The zero-order valence-electron chi connectivity index (χ0n) is 11.8. The van der Waals surface area contributed by atoms with Crippen LogP contribution in [0.2, 0.25) is 0 Å². The fourth-order valence-electron chi connectivity index (χ4n) is 1.62. The van der Waals surface area contributed by atoms with Gasteiger partial charge in [0.25, 0.3) is 0 Å². The lowest BCUT2D eigenvalue weighted by molar-refractivity contribution is 0.583. The first kappa shape index (κ1) is 14.4. The van der Waals surface area contributed by atoms with E-state index in [0.29, 0.717) is 18.1 Å². The summed E-state index contributed by atoms with van der Waals surface area (Å²) in [7, 11) is 0. The molecule has 0 saturated carbocycles. The summed E-state index contributed by atoms with van der Waals surface area (Å²) in [6.45, 7) is 7.16. The Morgan fingerprint density at radius 3 is 2.70 bits per heavy atom. The summed E-state index contributed by atoms with van der Waals surface area (Å²) in [6.07, 6.45) is 3.89. The van der Waals surface area contributed by atoms with Crippen molar-refractivity contribution in [2.24, 2.45) is 0 Å². The van der Waals surface area contributed by atoms with E-state index in [1.54, 1.807) is 17.5 Å². The molecule has 0 spiro atoms. The monoisotopic (exact) mass is 287 g/mol. The van der Waals surface area contributed by atoms with Gasteiger partial charge >= 0.3 is 0 Å². The Balaban J connectivity index is 1.94. The predicted molar refractivity (Wildman–Crippen MR) is 79.8 cm³/mol. The van der Waals surface area contributed by atoms with Crippen LogP contribution >= 0.6 is 11.3 Å². The molecule has 0 saturated heterocycles. The van der Waals surface area contributed by atoms with Crippen molar-refractivity contribution in [3.05, 3.63) is 34.2 Å². The molecule has 0 fully saturated rings. The second-order valence-electron chi connectivity index (χ2n) is 5.44. The topological polar surface area (TPSA) is 74.5 Å². The van der Waals surface area contributed by atoms with Crippen LogP contribution in [0.4, 0.5) is 5.82 Å². The maximum absolute atomic E-state index is 8.92. The van der Waals surface area contributed by atoms with Crippen LogP contribution in [0.15, 0.2) is 17.8 Å². The summed E-state index contributed by atoms with van der Waals surface area (Å²) < 4.78 is 0. The summed E-state index contributed by atoms with van der Waals surface area (Å²) in [5.74, 6) is 0.529. The van der Waals surface area contributed by atoms with Gasteiger partial charge in [-0.15, -0.1) is 11.3 Å². The molecule has 2 aromatic heterocycles. The van der Waals surface area contributed by atoms with Crippen LogP contribution in [-0.4, -0.2) is 21.5 Å². The zero-order valence-corrected chi connectivity index (χ0v) is 12.7. The largest absolute Gasteiger partial charge is 0.367 e. The number of nitrogens with one attached hydrogen (secondary N) is 1. The molecular weight excluding hydrogens is 270 g/mol. The minimum absolute atomic E-state index is 0.0925. The van der Waals surface area contributed by atoms with Crippen molar-refractivity contribution >= 4 is 17.2 Å². The van der Waals surface area contributed by atoms with Gasteiger partial charge in [-0.25, -0.2) is 15.0 Å². The van der Waals surface area contributed by atoms with Gasteiger partial charge < -0.3 is 5.32 Å². The van der Waals surface area contributed by atoms with E-state index in [-0.39, 0.29) is 5.41 Å². The van der Waals surface area contributed by atoms with Crippen LogP contribution in [0, 0.1) is 11.3 Å². The van der Waals surface area contributed by atoms with Gasteiger partial charge in [0.05, 0.1) is 10.7 Å². The van der Waals surface area contributed by atoms with Crippen LogP contribution in [-0.2, 0) is 11.8 Å². The lowest BCUT2D eigenvalue weighted by Gasteiger charge is -2.13. The summed E-state index contributed by atoms with van der Waals surface area (Å²) in [5.41, 5.74) is 1.48. The highest BCUT2D eigenvalue weighted by atomic mass is 32.1. The molecule has 2 heterocycles. The van der Waals surface area contributed by atoms with Crippen molar-refractivity contribution in [2.45, 2.75) is 32.6 Å². The smallest absolute Gasteiger partial charge is 0.182 e. The molecule has 2 rings (SSSR count). The third kappa shape index (κ3) is 3.52. The number of thiazole rings is 1. The Hall–Kier alpha value is -2.00. The second kappa shape index (κ2) is 5.97. The van der Waals surface area contributed by atoms with E-state index in [1.165, 1.54) is 6.20 Å². The minimum atomic E-state index is 0.0925. The number of anilines is 1. The van der Waals surface area contributed by atoms with Crippen LogP contribution in [0.1, 0.15) is 37.2 Å². The highest BCUT2D eigenvalue weighted by Crippen LogP contribution is 2.25. The quantitative estimate of drug-likeness (QED) is 0.936. The maximum Gasteiger partial charge on any atom is 0.182 e. The number of hydrogen-bond acceptors (Lipinski definition) is 6. The first-order valence-electron chi connectivity index (χ1n) is 6.40. The molecule has 0 aliphatic rings. The van der Waals surface area contributed by atoms with E-state index in [9.17, 15) is 0 Å². The van der Waals surface area contributed by atoms with E-state index in [4.69, 9.17) is 5.26 Å². The first-order chi connectivity index (χ1) is 9.50. The fraction of sp³-hybridized carbons (Fsp3) is 0.429. The van der Waals surface area contributed by atoms with Crippen LogP contribution in [0.5, 0.6) is 0 Å². The highest BCUT2D eigenvalue weighted by molar-refractivity contribution is 7.09. The zero-order chi connectivity index (χ0) is 14.6. The van der Waals surface area contributed by atoms with Crippen molar-refractivity contribution in [3.63, 3.8) is 0 Å². The molecule has 2 aromatic rings. The molecule has 0 atom stereocenters. The maximum atomic E-state index is 8.92.